The zero-order valence-electron chi connectivity index (χ0n) is 18.4. The van der Waals surface area contributed by atoms with Crippen molar-refractivity contribution in [2.75, 3.05) is 11.1 Å². The summed E-state index contributed by atoms with van der Waals surface area (Å²) in [6.07, 6.45) is 4.08. The highest BCUT2D eigenvalue weighted by molar-refractivity contribution is 7.99. The lowest BCUT2D eigenvalue weighted by molar-refractivity contribution is -0.113. The number of hydrogen-bond donors (Lipinski definition) is 2. The Balaban J connectivity index is 1.36. The number of carbonyl (C=O) groups is 2. The molecule has 0 fully saturated rings. The predicted molar refractivity (Wildman–Crippen MR) is 128 cm³/mol. The maximum atomic E-state index is 12.6. The van der Waals surface area contributed by atoms with Gasteiger partial charge in [-0.3, -0.25) is 9.59 Å². The third kappa shape index (κ3) is 5.10. The van der Waals surface area contributed by atoms with E-state index in [0.717, 1.165) is 31.2 Å². The largest absolute Gasteiger partial charge is 0.342 e. The number of nitrogens with one attached hydrogen (secondary N) is 2. The van der Waals surface area contributed by atoms with E-state index in [2.05, 4.69) is 26.9 Å². The number of carbonyl (C=O) groups excluding carboxylic acids is 2. The molecule has 0 spiro atoms. The number of nitrogens with zero attached hydrogens (tertiary/aromatic N) is 4. The minimum absolute atomic E-state index is 0.143. The molecule has 1 aliphatic rings. The summed E-state index contributed by atoms with van der Waals surface area (Å²) in [5.41, 5.74) is 2.28. The Labute approximate surface area is 200 Å². The first-order chi connectivity index (χ1) is 16.0. The van der Waals surface area contributed by atoms with Crippen molar-refractivity contribution >= 4 is 39.9 Å². The first kappa shape index (κ1) is 23.0. The fourth-order valence-corrected chi connectivity index (χ4v) is 5.80. The van der Waals surface area contributed by atoms with Crippen LogP contribution in [-0.2, 0) is 24.7 Å². The summed E-state index contributed by atoms with van der Waals surface area (Å²) in [6, 6.07) is 10.9. The minimum Gasteiger partial charge on any atom is -0.342 e. The van der Waals surface area contributed by atoms with E-state index in [1.54, 1.807) is 16.7 Å². The standard InChI is InChI=1S/C23H24N6O2S2/c1-14(25-21(31)15-8-4-3-5-9-15)20-27-28-23(29(20)2)32-13-19(30)26-22-17(12-24)16-10-6-7-11-18(16)33-22/h3-5,8-9,14H,6-7,10-11,13H2,1-2H3,(H,25,31)(H,26,30)/t14-/m1/s1. The molecule has 10 heteroatoms. The van der Waals surface area contributed by atoms with Crippen molar-refractivity contribution in [2.45, 2.75) is 43.8 Å². The van der Waals surface area contributed by atoms with E-state index in [4.69, 9.17) is 0 Å². The van der Waals surface area contributed by atoms with E-state index in [1.165, 1.54) is 28.0 Å². The van der Waals surface area contributed by atoms with Gasteiger partial charge in [0.1, 0.15) is 11.1 Å². The zero-order chi connectivity index (χ0) is 23.4. The molecule has 2 heterocycles. The maximum absolute atomic E-state index is 12.6. The van der Waals surface area contributed by atoms with Crippen molar-refractivity contribution in [3.63, 3.8) is 0 Å². The van der Waals surface area contributed by atoms with Crippen LogP contribution < -0.4 is 10.6 Å². The summed E-state index contributed by atoms with van der Waals surface area (Å²) in [5.74, 6) is 0.362. The van der Waals surface area contributed by atoms with Crippen LogP contribution in [0.2, 0.25) is 0 Å². The van der Waals surface area contributed by atoms with Crippen molar-refractivity contribution in [2.24, 2.45) is 7.05 Å². The number of benzene rings is 1. The molecule has 1 aliphatic carbocycles. The molecule has 33 heavy (non-hydrogen) atoms. The Bertz CT molecular complexity index is 1210. The van der Waals surface area contributed by atoms with E-state index in [0.29, 0.717) is 27.1 Å². The number of hydrogen-bond acceptors (Lipinski definition) is 7. The van der Waals surface area contributed by atoms with Crippen molar-refractivity contribution in [1.29, 1.82) is 5.26 Å². The summed E-state index contributed by atoms with van der Waals surface area (Å²) in [4.78, 5) is 26.2. The zero-order valence-corrected chi connectivity index (χ0v) is 20.1. The fraction of sp³-hybridized carbons (Fsp3) is 0.348. The Kier molecular flexibility index (Phi) is 7.11. The molecule has 2 N–H and O–H groups in total. The van der Waals surface area contributed by atoms with Gasteiger partial charge in [0.05, 0.1) is 17.4 Å². The van der Waals surface area contributed by atoms with E-state index in [-0.39, 0.29) is 23.6 Å². The monoisotopic (exact) mass is 480 g/mol. The highest BCUT2D eigenvalue weighted by Crippen LogP contribution is 2.37. The van der Waals surface area contributed by atoms with Crippen molar-refractivity contribution in [3.8, 4) is 6.07 Å². The highest BCUT2D eigenvalue weighted by Gasteiger charge is 2.23. The molecule has 0 unspecified atom stereocenters. The number of nitriles is 1. The third-order valence-corrected chi connectivity index (χ3v) is 7.74. The van der Waals surface area contributed by atoms with Gasteiger partial charge >= 0.3 is 0 Å². The van der Waals surface area contributed by atoms with Crippen LogP contribution in [0.15, 0.2) is 35.5 Å². The number of aryl methyl sites for hydroxylation is 1. The number of anilines is 1. The van der Waals surface area contributed by atoms with Gasteiger partial charge in [-0.05, 0) is 50.3 Å². The SMILES string of the molecule is C[C@@H](NC(=O)c1ccccc1)c1nnc(SCC(=O)Nc2sc3c(c2C#N)CCCC3)n1C. The van der Waals surface area contributed by atoms with E-state index < -0.39 is 0 Å². The quantitative estimate of drug-likeness (QED) is 0.497. The molecule has 0 aliphatic heterocycles. The second kappa shape index (κ2) is 10.2. The molecule has 0 radical (unpaired) electrons. The molecule has 2 amide bonds. The molecule has 8 nitrogen and oxygen atoms in total. The maximum Gasteiger partial charge on any atom is 0.251 e. The van der Waals surface area contributed by atoms with Gasteiger partial charge in [0.2, 0.25) is 5.91 Å². The third-order valence-electron chi connectivity index (χ3n) is 5.51. The average Bonchev–Trinajstić information content (AvgIpc) is 3.37. The van der Waals surface area contributed by atoms with E-state index in [9.17, 15) is 14.9 Å². The Morgan fingerprint density at radius 2 is 2.00 bits per heavy atom. The smallest absolute Gasteiger partial charge is 0.251 e. The van der Waals surface area contributed by atoms with Crippen LogP contribution in [0.4, 0.5) is 5.00 Å². The van der Waals surface area contributed by atoms with Gasteiger partial charge in [-0.15, -0.1) is 21.5 Å². The van der Waals surface area contributed by atoms with Crippen LogP contribution in [0, 0.1) is 11.3 Å². The molecule has 1 atom stereocenters. The number of rotatable bonds is 7. The number of thiophene rings is 1. The number of thioether (sulfide) groups is 1. The Morgan fingerprint density at radius 1 is 1.24 bits per heavy atom. The van der Waals surface area contributed by atoms with Crippen LogP contribution >= 0.6 is 23.1 Å². The van der Waals surface area contributed by atoms with Gasteiger partial charge in [-0.1, -0.05) is 30.0 Å². The summed E-state index contributed by atoms with van der Waals surface area (Å²) < 4.78 is 1.78. The molecule has 170 valence electrons. The van der Waals surface area contributed by atoms with Crippen LogP contribution in [0.3, 0.4) is 0 Å². The van der Waals surface area contributed by atoms with Crippen molar-refractivity contribution in [1.82, 2.24) is 20.1 Å². The molecule has 0 saturated heterocycles. The molecular formula is C23H24N6O2S2. The van der Waals surface area contributed by atoms with Gasteiger partial charge in [0, 0.05) is 17.5 Å². The number of amides is 2. The average molecular weight is 481 g/mol. The van der Waals surface area contributed by atoms with Gasteiger partial charge in [0.15, 0.2) is 11.0 Å². The van der Waals surface area contributed by atoms with Crippen LogP contribution in [0.25, 0.3) is 0 Å². The normalized spacial score (nSPS) is 13.6. The minimum atomic E-state index is -0.353. The molecular weight excluding hydrogens is 456 g/mol. The van der Waals surface area contributed by atoms with E-state index >= 15 is 0 Å². The van der Waals surface area contributed by atoms with Crippen LogP contribution in [0.1, 0.15) is 58.0 Å². The molecule has 2 aromatic heterocycles. The van der Waals surface area contributed by atoms with Crippen molar-refractivity contribution < 1.29 is 9.59 Å². The lowest BCUT2D eigenvalue weighted by Gasteiger charge is -2.13. The lowest BCUT2D eigenvalue weighted by atomic mass is 9.96. The summed E-state index contributed by atoms with van der Waals surface area (Å²) >= 11 is 2.78. The molecule has 0 bridgehead atoms. The molecule has 1 aromatic carbocycles. The highest BCUT2D eigenvalue weighted by atomic mass is 32.2. The second-order valence-corrected chi connectivity index (χ2v) is 9.87. The fourth-order valence-electron chi connectivity index (χ4n) is 3.83. The summed E-state index contributed by atoms with van der Waals surface area (Å²) in [6.45, 7) is 1.84. The Hall–Kier alpha value is -3.16. The molecule has 4 rings (SSSR count). The van der Waals surface area contributed by atoms with E-state index in [1.807, 2.05) is 32.2 Å². The topological polar surface area (TPSA) is 113 Å². The first-order valence-electron chi connectivity index (χ1n) is 10.7. The first-order valence-corrected chi connectivity index (χ1v) is 12.5. The van der Waals surface area contributed by atoms with Crippen LogP contribution in [-0.4, -0.2) is 32.3 Å². The van der Waals surface area contributed by atoms with Gasteiger partial charge in [-0.2, -0.15) is 5.26 Å². The summed E-state index contributed by atoms with van der Waals surface area (Å²) in [5, 5.41) is 25.0. The van der Waals surface area contributed by atoms with Gasteiger partial charge in [0.25, 0.3) is 5.91 Å². The Morgan fingerprint density at radius 3 is 2.76 bits per heavy atom. The summed E-state index contributed by atoms with van der Waals surface area (Å²) in [7, 11) is 1.81. The second-order valence-electron chi connectivity index (χ2n) is 7.82. The van der Waals surface area contributed by atoms with Gasteiger partial charge in [-0.25, -0.2) is 0 Å². The van der Waals surface area contributed by atoms with Gasteiger partial charge < -0.3 is 15.2 Å². The number of aromatic nitrogens is 3. The lowest BCUT2D eigenvalue weighted by Crippen LogP contribution is -2.28. The number of fused-ring (bicyclic) bond motifs is 1. The molecule has 3 aromatic rings. The molecule has 0 saturated carbocycles. The predicted octanol–water partition coefficient (Wildman–Crippen LogP) is 3.85. The van der Waals surface area contributed by atoms with Crippen molar-refractivity contribution in [3.05, 3.63) is 57.7 Å². The van der Waals surface area contributed by atoms with Crippen LogP contribution in [0.5, 0.6) is 0 Å².